The predicted molar refractivity (Wildman–Crippen MR) is 167 cm³/mol. The Kier molecular flexibility index (Phi) is 11.3. The van der Waals surface area contributed by atoms with E-state index in [9.17, 15) is 28.8 Å². The van der Waals surface area contributed by atoms with Crippen molar-refractivity contribution in [2.75, 3.05) is 6.54 Å². The molecule has 0 radical (unpaired) electrons. The van der Waals surface area contributed by atoms with Gasteiger partial charge in [-0.25, -0.2) is 9.78 Å². The number of amides is 5. The molecule has 5 N–H and O–H groups in total. The smallest absolute Gasteiger partial charge is 0.316 e. The van der Waals surface area contributed by atoms with Crippen LogP contribution >= 0.6 is 11.3 Å². The molecule has 44 heavy (non-hydrogen) atoms. The lowest BCUT2D eigenvalue weighted by molar-refractivity contribution is -0.144. The molecule has 5 atom stereocenters. The van der Waals surface area contributed by atoms with Crippen LogP contribution in [0.1, 0.15) is 88.8 Å². The van der Waals surface area contributed by atoms with E-state index in [2.05, 4.69) is 20.9 Å². The van der Waals surface area contributed by atoms with E-state index >= 15 is 0 Å². The molecule has 2 heterocycles. The van der Waals surface area contributed by atoms with Crippen molar-refractivity contribution in [3.8, 4) is 0 Å². The molecular formula is C31H48N6O6S. The number of rotatable bonds is 13. The first kappa shape index (κ1) is 35.1. The summed E-state index contributed by atoms with van der Waals surface area (Å²) in [4.78, 5) is 85.3. The van der Waals surface area contributed by atoms with Crippen LogP contribution in [0.5, 0.6) is 0 Å². The van der Waals surface area contributed by atoms with E-state index in [1.807, 2.05) is 55.4 Å². The van der Waals surface area contributed by atoms with Gasteiger partial charge < -0.3 is 26.6 Å². The molecule has 1 aliphatic heterocycles. The average Bonchev–Trinajstić information content (AvgIpc) is 3.44. The SMILES string of the molecule is Cc1cnc(C(=O)[C@@H](NC(=O)N[C@H](C(=O)N2CC[C@H](C(C)C)[C@H]2C(=O)NC(CC2CC2)C(=O)C(N)=O)C(C)(C)C)C(C)C)s1. The lowest BCUT2D eigenvalue weighted by atomic mass is 9.84. The number of carbonyl (C=O) groups excluding carboxylic acids is 6. The second kappa shape index (κ2) is 14.2. The molecule has 1 aromatic heterocycles. The van der Waals surface area contributed by atoms with Crippen molar-refractivity contribution in [2.24, 2.45) is 34.8 Å². The summed E-state index contributed by atoms with van der Waals surface area (Å²) in [6, 6.07) is -4.54. The maximum absolute atomic E-state index is 14.2. The third-order valence-corrected chi connectivity index (χ3v) is 9.38. The second-order valence-electron chi connectivity index (χ2n) is 13.9. The fourth-order valence-corrected chi connectivity index (χ4v) is 6.45. The molecule has 5 amide bonds. The van der Waals surface area contributed by atoms with Crippen LogP contribution in [0.4, 0.5) is 4.79 Å². The highest BCUT2D eigenvalue weighted by Gasteiger charge is 2.48. The van der Waals surface area contributed by atoms with E-state index < -0.39 is 59.1 Å². The van der Waals surface area contributed by atoms with Gasteiger partial charge in [0.2, 0.25) is 23.4 Å². The summed E-state index contributed by atoms with van der Waals surface area (Å²) >= 11 is 1.25. The second-order valence-corrected chi connectivity index (χ2v) is 15.2. The Morgan fingerprint density at radius 2 is 1.66 bits per heavy atom. The lowest BCUT2D eigenvalue weighted by Gasteiger charge is -2.37. The van der Waals surface area contributed by atoms with Crippen molar-refractivity contribution in [3.05, 3.63) is 16.1 Å². The number of hydrogen-bond acceptors (Lipinski definition) is 8. The average molecular weight is 633 g/mol. The van der Waals surface area contributed by atoms with Gasteiger partial charge in [-0.1, -0.05) is 61.3 Å². The molecule has 2 fully saturated rings. The number of ketones is 2. The van der Waals surface area contributed by atoms with Gasteiger partial charge >= 0.3 is 6.03 Å². The number of nitrogens with one attached hydrogen (secondary N) is 3. The van der Waals surface area contributed by atoms with E-state index in [-0.39, 0.29) is 36.0 Å². The number of Topliss-reactive ketones (excluding diaryl/α,β-unsaturated/α-hetero) is 2. The van der Waals surface area contributed by atoms with Crippen LogP contribution < -0.4 is 21.7 Å². The van der Waals surface area contributed by atoms with E-state index in [1.165, 1.54) is 16.2 Å². The molecule has 2 aliphatic rings. The number of nitrogens with two attached hydrogens (primary N) is 1. The van der Waals surface area contributed by atoms with Crippen LogP contribution in [0.25, 0.3) is 0 Å². The molecule has 244 valence electrons. The minimum absolute atomic E-state index is 0.0360. The first-order valence-electron chi connectivity index (χ1n) is 15.4. The van der Waals surface area contributed by atoms with Crippen molar-refractivity contribution >= 4 is 46.7 Å². The molecule has 1 saturated heterocycles. The van der Waals surface area contributed by atoms with Crippen molar-refractivity contribution < 1.29 is 28.8 Å². The number of nitrogens with zero attached hydrogens (tertiary/aromatic N) is 2. The van der Waals surface area contributed by atoms with Crippen LogP contribution in [0.15, 0.2) is 6.20 Å². The van der Waals surface area contributed by atoms with Gasteiger partial charge in [0.25, 0.3) is 5.91 Å². The number of primary amides is 1. The number of likely N-dealkylation sites (tertiary alicyclic amines) is 1. The molecular weight excluding hydrogens is 584 g/mol. The van der Waals surface area contributed by atoms with Gasteiger partial charge in [-0.15, -0.1) is 11.3 Å². The Labute approximate surface area is 263 Å². The Morgan fingerprint density at radius 1 is 1.02 bits per heavy atom. The quantitative estimate of drug-likeness (QED) is 0.190. The molecule has 0 bridgehead atoms. The van der Waals surface area contributed by atoms with Crippen molar-refractivity contribution in [1.82, 2.24) is 25.8 Å². The van der Waals surface area contributed by atoms with Crippen molar-refractivity contribution in [3.63, 3.8) is 0 Å². The van der Waals surface area contributed by atoms with Gasteiger partial charge in [0.05, 0.1) is 12.1 Å². The standard InChI is InChI=1S/C31H48N6O6S/c1-15(2)19-11-12-37(22(19)27(41)34-20(13-18-9-10-18)23(38)26(32)40)29(42)25(31(6,7)8)36-30(43)35-21(16(3)4)24(39)28-33-14-17(5)44-28/h14-16,18-22,25H,9-13H2,1-8H3,(H2,32,40)(H,34,41)(H2,35,36,43)/t19-,20?,21+,22+,25-/m1/s1. The largest absolute Gasteiger partial charge is 0.363 e. The Morgan fingerprint density at radius 3 is 2.14 bits per heavy atom. The minimum Gasteiger partial charge on any atom is -0.363 e. The van der Waals surface area contributed by atoms with Gasteiger partial charge in [-0.3, -0.25) is 24.0 Å². The molecule has 13 heteroatoms. The molecule has 1 unspecified atom stereocenters. The summed E-state index contributed by atoms with van der Waals surface area (Å²) in [5.41, 5.74) is 4.52. The maximum Gasteiger partial charge on any atom is 0.316 e. The van der Waals surface area contributed by atoms with Crippen molar-refractivity contribution in [2.45, 2.75) is 105 Å². The normalized spacial score (nSPS) is 20.6. The Bertz CT molecular complexity index is 1270. The predicted octanol–water partition coefficient (Wildman–Crippen LogP) is 2.59. The zero-order valence-corrected chi connectivity index (χ0v) is 27.9. The van der Waals surface area contributed by atoms with Gasteiger partial charge in [0, 0.05) is 17.6 Å². The summed E-state index contributed by atoms with van der Waals surface area (Å²) in [6.07, 6.45) is 4.31. The molecule has 0 spiro atoms. The van der Waals surface area contributed by atoms with Gasteiger partial charge in [0.1, 0.15) is 12.1 Å². The number of urea groups is 1. The van der Waals surface area contributed by atoms with Crippen LogP contribution in [0.2, 0.25) is 0 Å². The van der Waals surface area contributed by atoms with Gasteiger partial charge in [0.15, 0.2) is 5.01 Å². The first-order chi connectivity index (χ1) is 20.4. The number of thiazole rings is 1. The fraction of sp³-hybridized carbons (Fsp3) is 0.710. The van der Waals surface area contributed by atoms with E-state index in [0.29, 0.717) is 17.8 Å². The van der Waals surface area contributed by atoms with E-state index in [4.69, 9.17) is 5.73 Å². The molecule has 1 aromatic rings. The molecule has 12 nitrogen and oxygen atoms in total. The highest BCUT2D eigenvalue weighted by Crippen LogP contribution is 2.35. The van der Waals surface area contributed by atoms with Crippen LogP contribution in [0.3, 0.4) is 0 Å². The first-order valence-corrected chi connectivity index (χ1v) is 16.2. The zero-order valence-electron chi connectivity index (χ0n) is 27.1. The highest BCUT2D eigenvalue weighted by atomic mass is 32.1. The van der Waals surface area contributed by atoms with Gasteiger partial charge in [-0.2, -0.15) is 0 Å². The summed E-state index contributed by atoms with van der Waals surface area (Å²) in [7, 11) is 0. The lowest BCUT2D eigenvalue weighted by Crippen LogP contribution is -2.62. The number of carbonyl (C=O) groups is 6. The fourth-order valence-electron chi connectivity index (χ4n) is 5.71. The monoisotopic (exact) mass is 632 g/mol. The van der Waals surface area contributed by atoms with Gasteiger partial charge in [-0.05, 0) is 48.9 Å². The topological polar surface area (TPSA) is 181 Å². The third kappa shape index (κ3) is 8.64. The van der Waals surface area contributed by atoms with E-state index in [0.717, 1.165) is 17.7 Å². The number of aryl methyl sites for hydroxylation is 1. The summed E-state index contributed by atoms with van der Waals surface area (Å²) < 4.78 is 0. The van der Waals surface area contributed by atoms with Crippen LogP contribution in [-0.4, -0.2) is 75.9 Å². The Balaban J connectivity index is 1.83. The molecule has 3 rings (SSSR count). The third-order valence-electron chi connectivity index (χ3n) is 8.45. The highest BCUT2D eigenvalue weighted by molar-refractivity contribution is 7.13. The van der Waals surface area contributed by atoms with Crippen LogP contribution in [-0.2, 0) is 19.2 Å². The van der Waals surface area contributed by atoms with E-state index in [1.54, 1.807) is 6.20 Å². The minimum atomic E-state index is -1.11. The number of aromatic nitrogens is 1. The zero-order chi connectivity index (χ0) is 33.1. The van der Waals surface area contributed by atoms with Crippen molar-refractivity contribution in [1.29, 1.82) is 0 Å². The van der Waals surface area contributed by atoms with Crippen LogP contribution in [0, 0.1) is 36.0 Å². The summed E-state index contributed by atoms with van der Waals surface area (Å²) in [6.45, 7) is 15.1. The summed E-state index contributed by atoms with van der Waals surface area (Å²) in [5, 5.41) is 8.57. The number of hydrogen-bond donors (Lipinski definition) is 4. The maximum atomic E-state index is 14.2. The molecule has 0 aromatic carbocycles. The summed E-state index contributed by atoms with van der Waals surface area (Å²) in [5.74, 6) is -3.41. The molecule has 1 aliphatic carbocycles. The molecule has 1 saturated carbocycles. The Hall–Kier alpha value is -3.35.